The largest absolute Gasteiger partial charge is 0.352 e. The fourth-order valence-corrected chi connectivity index (χ4v) is 6.43. The van der Waals surface area contributed by atoms with Crippen LogP contribution in [0.15, 0.2) is 119 Å². The second-order valence-corrected chi connectivity index (χ2v) is 10.9. The van der Waals surface area contributed by atoms with E-state index in [0.717, 1.165) is 0 Å². The van der Waals surface area contributed by atoms with E-state index in [1.807, 2.05) is 0 Å². The molecule has 1 N–H and O–H groups in total. The van der Waals surface area contributed by atoms with Crippen LogP contribution < -0.4 is 0 Å². The zero-order valence-electron chi connectivity index (χ0n) is 17.2. The van der Waals surface area contributed by atoms with E-state index < -0.39 is 20.0 Å². The van der Waals surface area contributed by atoms with Crippen LogP contribution in [0.25, 0.3) is 22.8 Å². The fraction of sp³-hybridized carbons (Fsp3) is 0. The van der Waals surface area contributed by atoms with Gasteiger partial charge < -0.3 is 4.98 Å². The molecule has 7 nitrogen and oxygen atoms in total. The smallest absolute Gasteiger partial charge is 0.268 e. The van der Waals surface area contributed by atoms with E-state index in [-0.39, 0.29) is 9.79 Å². The average Bonchev–Trinajstić information content (AvgIpc) is 3.60. The first-order chi connectivity index (χ1) is 15.9. The maximum atomic E-state index is 13.1. The van der Waals surface area contributed by atoms with Crippen LogP contribution in [-0.2, 0) is 20.0 Å². The van der Waals surface area contributed by atoms with E-state index in [0.29, 0.717) is 22.8 Å². The van der Waals surface area contributed by atoms with Crippen molar-refractivity contribution >= 4 is 20.0 Å². The zero-order chi connectivity index (χ0) is 23.1. The van der Waals surface area contributed by atoms with Crippen LogP contribution in [-0.4, -0.2) is 29.8 Å². The molecular formula is C24H19N3O4S2. The number of H-pyrrole nitrogens is 1. The van der Waals surface area contributed by atoms with Crippen molar-refractivity contribution in [3.05, 3.63) is 109 Å². The molecule has 9 heteroatoms. The molecule has 33 heavy (non-hydrogen) atoms. The molecule has 0 spiro atoms. The van der Waals surface area contributed by atoms with Crippen molar-refractivity contribution in [1.29, 1.82) is 0 Å². The molecule has 5 aromatic rings. The monoisotopic (exact) mass is 477 g/mol. The lowest BCUT2D eigenvalue weighted by Crippen LogP contribution is -2.13. The van der Waals surface area contributed by atoms with Crippen molar-refractivity contribution < 1.29 is 16.8 Å². The molecule has 0 aliphatic carbocycles. The molecule has 0 atom stereocenters. The van der Waals surface area contributed by atoms with E-state index in [1.54, 1.807) is 97.1 Å². The normalized spacial score (nSPS) is 12.1. The first-order valence-corrected chi connectivity index (χ1v) is 12.9. The Bertz CT molecular complexity index is 1510. The Labute approximate surface area is 191 Å². The van der Waals surface area contributed by atoms with Crippen molar-refractivity contribution in [3.8, 4) is 22.8 Å². The predicted molar refractivity (Wildman–Crippen MR) is 126 cm³/mol. The summed E-state index contributed by atoms with van der Waals surface area (Å²) in [6.45, 7) is 0. The minimum absolute atomic E-state index is 0.178. The van der Waals surface area contributed by atoms with Gasteiger partial charge in [0.15, 0.2) is 0 Å². The summed E-state index contributed by atoms with van der Waals surface area (Å²) in [5.74, 6) is 0. The summed E-state index contributed by atoms with van der Waals surface area (Å²) in [7, 11) is -7.58. The van der Waals surface area contributed by atoms with E-state index in [4.69, 9.17) is 0 Å². The van der Waals surface area contributed by atoms with Gasteiger partial charge in [-0.25, -0.2) is 24.8 Å². The van der Waals surface area contributed by atoms with Crippen molar-refractivity contribution in [2.24, 2.45) is 0 Å². The topological polar surface area (TPSA) is 93.9 Å². The number of hydrogen-bond acceptors (Lipinski definition) is 4. The Kier molecular flexibility index (Phi) is 5.07. The molecular weight excluding hydrogens is 458 g/mol. The Morgan fingerprint density at radius 3 is 1.27 bits per heavy atom. The molecule has 3 aromatic heterocycles. The fourth-order valence-electron chi connectivity index (χ4n) is 3.67. The second-order valence-electron chi connectivity index (χ2n) is 7.30. The molecule has 0 saturated heterocycles. The molecule has 166 valence electrons. The van der Waals surface area contributed by atoms with Gasteiger partial charge >= 0.3 is 0 Å². The molecule has 0 radical (unpaired) electrons. The second kappa shape index (κ2) is 7.95. The standard InChI is InChI=1S/C24H19N3O4S2/c28-32(29,19-9-3-1-4-10-19)26-17-7-13-23(26)21-15-16-22(25-21)24-14-8-18-27(24)33(30,31)20-11-5-2-6-12-20/h1-18,25H. The van der Waals surface area contributed by atoms with Gasteiger partial charge in [-0.15, -0.1) is 0 Å². The predicted octanol–water partition coefficient (Wildman–Crippen LogP) is 4.43. The highest BCUT2D eigenvalue weighted by atomic mass is 32.2. The Morgan fingerprint density at radius 1 is 0.485 bits per heavy atom. The maximum absolute atomic E-state index is 13.1. The quantitative estimate of drug-likeness (QED) is 0.392. The van der Waals surface area contributed by atoms with Gasteiger partial charge in [-0.3, -0.25) is 0 Å². The third-order valence-corrected chi connectivity index (χ3v) is 8.67. The van der Waals surface area contributed by atoms with Crippen molar-refractivity contribution in [2.75, 3.05) is 0 Å². The highest BCUT2D eigenvalue weighted by molar-refractivity contribution is 7.90. The van der Waals surface area contributed by atoms with Crippen LogP contribution in [0.4, 0.5) is 0 Å². The van der Waals surface area contributed by atoms with Gasteiger partial charge in [-0.2, -0.15) is 0 Å². The lowest BCUT2D eigenvalue weighted by Gasteiger charge is -2.11. The molecule has 0 fully saturated rings. The first-order valence-electron chi connectivity index (χ1n) is 10.0. The minimum atomic E-state index is -3.79. The van der Waals surface area contributed by atoms with Crippen molar-refractivity contribution in [2.45, 2.75) is 9.79 Å². The van der Waals surface area contributed by atoms with Crippen LogP contribution in [0.3, 0.4) is 0 Å². The van der Waals surface area contributed by atoms with E-state index in [9.17, 15) is 16.8 Å². The number of nitrogens with one attached hydrogen (secondary N) is 1. The van der Waals surface area contributed by atoms with Crippen LogP contribution in [0.2, 0.25) is 0 Å². The maximum Gasteiger partial charge on any atom is 0.268 e. The number of nitrogens with zero attached hydrogens (tertiary/aromatic N) is 2. The summed E-state index contributed by atoms with van der Waals surface area (Å²) >= 11 is 0. The molecule has 0 aliphatic rings. The molecule has 0 amide bonds. The van der Waals surface area contributed by atoms with Gasteiger partial charge in [-0.05, 0) is 60.7 Å². The molecule has 0 aliphatic heterocycles. The summed E-state index contributed by atoms with van der Waals surface area (Å²) in [6.07, 6.45) is 2.97. The first kappa shape index (κ1) is 21.0. The molecule has 0 saturated carbocycles. The summed E-state index contributed by atoms with van der Waals surface area (Å²) in [5, 5.41) is 0. The number of hydrogen-bond donors (Lipinski definition) is 1. The van der Waals surface area contributed by atoms with E-state index >= 15 is 0 Å². The Hall–Kier alpha value is -3.82. The van der Waals surface area contributed by atoms with Gasteiger partial charge in [0.1, 0.15) is 0 Å². The van der Waals surface area contributed by atoms with Gasteiger partial charge in [-0.1, -0.05) is 36.4 Å². The number of aromatic amines is 1. The van der Waals surface area contributed by atoms with Gasteiger partial charge in [0.05, 0.1) is 32.6 Å². The summed E-state index contributed by atoms with van der Waals surface area (Å²) in [5.41, 5.74) is 1.96. The number of rotatable bonds is 6. The number of aromatic nitrogens is 3. The molecule has 0 bridgehead atoms. The van der Waals surface area contributed by atoms with Gasteiger partial charge in [0, 0.05) is 12.4 Å². The van der Waals surface area contributed by atoms with Crippen LogP contribution in [0.5, 0.6) is 0 Å². The van der Waals surface area contributed by atoms with Crippen LogP contribution in [0, 0.1) is 0 Å². The van der Waals surface area contributed by atoms with E-state index in [1.165, 1.54) is 20.3 Å². The summed E-state index contributed by atoms with van der Waals surface area (Å²) in [4.78, 5) is 3.53. The van der Waals surface area contributed by atoms with Gasteiger partial charge in [0.25, 0.3) is 20.0 Å². The van der Waals surface area contributed by atoms with Crippen LogP contribution >= 0.6 is 0 Å². The van der Waals surface area contributed by atoms with E-state index in [2.05, 4.69) is 4.98 Å². The van der Waals surface area contributed by atoms with Crippen molar-refractivity contribution in [1.82, 2.24) is 12.9 Å². The SMILES string of the molecule is O=S(=O)(c1ccccc1)n1cccc1-c1ccc(-c2cccn2S(=O)(=O)c2ccccc2)[nH]1. The van der Waals surface area contributed by atoms with Crippen molar-refractivity contribution in [3.63, 3.8) is 0 Å². The molecule has 0 unspecified atom stereocenters. The van der Waals surface area contributed by atoms with Crippen LogP contribution in [0.1, 0.15) is 0 Å². The Morgan fingerprint density at radius 2 is 0.879 bits per heavy atom. The lowest BCUT2D eigenvalue weighted by molar-refractivity contribution is 0.586. The zero-order valence-corrected chi connectivity index (χ0v) is 18.9. The molecule has 2 aromatic carbocycles. The highest BCUT2D eigenvalue weighted by Crippen LogP contribution is 2.29. The number of benzene rings is 2. The summed E-state index contributed by atoms with van der Waals surface area (Å²) < 4.78 is 54.9. The molecule has 5 rings (SSSR count). The third-order valence-electron chi connectivity index (χ3n) is 5.26. The third kappa shape index (κ3) is 3.61. The Balaban J connectivity index is 1.56. The van der Waals surface area contributed by atoms with Gasteiger partial charge in [0.2, 0.25) is 0 Å². The average molecular weight is 478 g/mol. The summed E-state index contributed by atoms with van der Waals surface area (Å²) in [6, 6.07) is 26.5. The highest BCUT2D eigenvalue weighted by Gasteiger charge is 2.23. The minimum Gasteiger partial charge on any atom is -0.352 e. The molecule has 3 heterocycles. The lowest BCUT2D eigenvalue weighted by atomic mass is 10.3.